The van der Waals surface area contributed by atoms with Gasteiger partial charge in [0.25, 0.3) is 0 Å². The van der Waals surface area contributed by atoms with Gasteiger partial charge in [-0.1, -0.05) is 11.6 Å². The van der Waals surface area contributed by atoms with Crippen LogP contribution in [0.5, 0.6) is 11.5 Å². The molecule has 0 aliphatic carbocycles. The molecule has 16 heavy (non-hydrogen) atoms. The first-order valence-electron chi connectivity index (χ1n) is 5.23. The molecule has 1 heterocycles. The van der Waals surface area contributed by atoms with Crippen LogP contribution in [0.15, 0.2) is 6.07 Å². The minimum absolute atomic E-state index is 0.497. The van der Waals surface area contributed by atoms with Crippen LogP contribution in [-0.2, 0) is 5.60 Å². The van der Waals surface area contributed by atoms with Crippen LogP contribution >= 0.6 is 11.6 Å². The van der Waals surface area contributed by atoms with Crippen LogP contribution in [0.3, 0.4) is 0 Å². The second-order valence-corrected chi connectivity index (χ2v) is 4.85. The predicted octanol–water partition coefficient (Wildman–Crippen LogP) is 2.65. The van der Waals surface area contributed by atoms with E-state index in [-0.39, 0.29) is 0 Å². The molecule has 0 saturated heterocycles. The van der Waals surface area contributed by atoms with E-state index in [1.54, 1.807) is 19.9 Å². The van der Waals surface area contributed by atoms with Gasteiger partial charge in [-0.05, 0) is 26.3 Å². The van der Waals surface area contributed by atoms with E-state index in [1.807, 2.05) is 6.92 Å². The second kappa shape index (κ2) is 3.82. The van der Waals surface area contributed by atoms with Crippen molar-refractivity contribution in [3.05, 3.63) is 22.2 Å². The van der Waals surface area contributed by atoms with Gasteiger partial charge in [0.1, 0.15) is 13.2 Å². The van der Waals surface area contributed by atoms with Crippen LogP contribution in [-0.4, -0.2) is 18.3 Å². The molecule has 0 fully saturated rings. The van der Waals surface area contributed by atoms with Gasteiger partial charge in [0.2, 0.25) is 0 Å². The van der Waals surface area contributed by atoms with Gasteiger partial charge in [0.15, 0.2) is 11.5 Å². The van der Waals surface area contributed by atoms with Crippen molar-refractivity contribution in [2.45, 2.75) is 26.4 Å². The van der Waals surface area contributed by atoms with Gasteiger partial charge in [-0.25, -0.2) is 0 Å². The standard InChI is InChI=1S/C12H15ClO3/c1-7-8(13)6-9-11(16-5-4-15-9)10(7)12(2,3)14/h6,14H,4-5H2,1-3H3. The number of aliphatic hydroxyl groups is 1. The highest BCUT2D eigenvalue weighted by Gasteiger charge is 2.29. The van der Waals surface area contributed by atoms with Gasteiger partial charge in [-0.2, -0.15) is 0 Å². The lowest BCUT2D eigenvalue weighted by Gasteiger charge is -2.28. The first-order valence-corrected chi connectivity index (χ1v) is 5.60. The zero-order valence-electron chi connectivity index (χ0n) is 9.63. The molecule has 0 unspecified atom stereocenters. The van der Waals surface area contributed by atoms with Crippen LogP contribution in [0.2, 0.25) is 5.02 Å². The van der Waals surface area contributed by atoms with E-state index >= 15 is 0 Å². The van der Waals surface area contributed by atoms with Crippen LogP contribution in [0.25, 0.3) is 0 Å². The molecule has 3 nitrogen and oxygen atoms in total. The molecule has 1 N–H and O–H groups in total. The molecule has 1 aromatic carbocycles. The summed E-state index contributed by atoms with van der Waals surface area (Å²) in [6, 6.07) is 1.74. The average molecular weight is 243 g/mol. The van der Waals surface area contributed by atoms with Crippen LogP contribution in [0, 0.1) is 6.92 Å². The predicted molar refractivity (Wildman–Crippen MR) is 62.4 cm³/mol. The van der Waals surface area contributed by atoms with Crippen LogP contribution in [0.1, 0.15) is 25.0 Å². The third kappa shape index (κ3) is 1.85. The third-order valence-electron chi connectivity index (χ3n) is 2.64. The van der Waals surface area contributed by atoms with Crippen molar-refractivity contribution < 1.29 is 14.6 Å². The Morgan fingerprint density at radius 2 is 1.94 bits per heavy atom. The van der Waals surface area contributed by atoms with Gasteiger partial charge >= 0.3 is 0 Å². The first-order chi connectivity index (χ1) is 7.41. The Labute approximate surface area is 99.9 Å². The molecule has 0 amide bonds. The van der Waals surface area contributed by atoms with Crippen molar-refractivity contribution in [3.63, 3.8) is 0 Å². The van der Waals surface area contributed by atoms with Crippen molar-refractivity contribution in [2.24, 2.45) is 0 Å². The largest absolute Gasteiger partial charge is 0.486 e. The number of benzene rings is 1. The zero-order chi connectivity index (χ0) is 11.9. The lowest BCUT2D eigenvalue weighted by Crippen LogP contribution is -2.23. The number of fused-ring (bicyclic) bond motifs is 1. The lowest BCUT2D eigenvalue weighted by atomic mass is 9.92. The van der Waals surface area contributed by atoms with Gasteiger partial charge in [-0.3, -0.25) is 0 Å². The molecule has 0 aromatic heterocycles. The Bertz CT molecular complexity index is 421. The molecule has 4 heteroatoms. The fourth-order valence-corrected chi connectivity index (χ4v) is 2.18. The van der Waals surface area contributed by atoms with E-state index in [0.29, 0.717) is 35.3 Å². The summed E-state index contributed by atoms with van der Waals surface area (Å²) in [5, 5.41) is 10.7. The number of ether oxygens (including phenoxy) is 2. The van der Waals surface area contributed by atoms with E-state index in [0.717, 1.165) is 5.56 Å². The molecule has 88 valence electrons. The van der Waals surface area contributed by atoms with Crippen molar-refractivity contribution in [1.29, 1.82) is 0 Å². The number of halogens is 1. The monoisotopic (exact) mass is 242 g/mol. The molecule has 0 atom stereocenters. The lowest BCUT2D eigenvalue weighted by molar-refractivity contribution is 0.0695. The highest BCUT2D eigenvalue weighted by Crippen LogP contribution is 2.44. The summed E-state index contributed by atoms with van der Waals surface area (Å²) in [7, 11) is 0. The molecule has 0 spiro atoms. The Morgan fingerprint density at radius 1 is 1.31 bits per heavy atom. The topological polar surface area (TPSA) is 38.7 Å². The number of hydrogen-bond donors (Lipinski definition) is 1. The number of rotatable bonds is 1. The van der Waals surface area contributed by atoms with Crippen LogP contribution < -0.4 is 9.47 Å². The number of hydrogen-bond acceptors (Lipinski definition) is 3. The summed E-state index contributed by atoms with van der Waals surface area (Å²) >= 11 is 6.11. The SMILES string of the molecule is Cc1c(Cl)cc2c(c1C(C)(C)O)OCCO2. The zero-order valence-corrected chi connectivity index (χ0v) is 10.4. The minimum atomic E-state index is -1.00. The van der Waals surface area contributed by atoms with E-state index in [4.69, 9.17) is 21.1 Å². The Balaban J connectivity index is 2.69. The highest BCUT2D eigenvalue weighted by molar-refractivity contribution is 6.31. The molecule has 1 aliphatic rings. The smallest absolute Gasteiger partial charge is 0.167 e. The highest BCUT2D eigenvalue weighted by atomic mass is 35.5. The maximum absolute atomic E-state index is 10.2. The summed E-state index contributed by atoms with van der Waals surface area (Å²) in [6.07, 6.45) is 0. The van der Waals surface area contributed by atoms with Crippen molar-refractivity contribution in [3.8, 4) is 11.5 Å². The van der Waals surface area contributed by atoms with Crippen molar-refractivity contribution in [1.82, 2.24) is 0 Å². The van der Waals surface area contributed by atoms with Crippen LogP contribution in [0.4, 0.5) is 0 Å². The van der Waals surface area contributed by atoms with Crippen molar-refractivity contribution >= 4 is 11.6 Å². The van der Waals surface area contributed by atoms with E-state index < -0.39 is 5.60 Å². The van der Waals surface area contributed by atoms with E-state index in [1.165, 1.54) is 0 Å². The second-order valence-electron chi connectivity index (χ2n) is 4.44. The summed E-state index contributed by atoms with van der Waals surface area (Å²) in [5.74, 6) is 1.22. The molecule has 0 bridgehead atoms. The van der Waals surface area contributed by atoms with Gasteiger partial charge in [0.05, 0.1) is 5.60 Å². The normalized spacial score (nSPS) is 15.1. The maximum Gasteiger partial charge on any atom is 0.167 e. The molecule has 0 saturated carbocycles. The first kappa shape index (κ1) is 11.6. The fourth-order valence-electron chi connectivity index (χ4n) is 1.98. The molecular weight excluding hydrogens is 228 g/mol. The van der Waals surface area contributed by atoms with Crippen molar-refractivity contribution in [2.75, 3.05) is 13.2 Å². The summed E-state index contributed by atoms with van der Waals surface area (Å²) in [5.41, 5.74) is 0.535. The van der Waals surface area contributed by atoms with Gasteiger partial charge in [0, 0.05) is 16.7 Å². The van der Waals surface area contributed by atoms with E-state index in [2.05, 4.69) is 0 Å². The molecule has 1 aliphatic heterocycles. The third-order valence-corrected chi connectivity index (χ3v) is 3.03. The maximum atomic E-state index is 10.2. The molecule has 1 aromatic rings. The Hall–Kier alpha value is -0.930. The molecule has 0 radical (unpaired) electrons. The molecule has 2 rings (SSSR count). The van der Waals surface area contributed by atoms with E-state index in [9.17, 15) is 5.11 Å². The molecular formula is C12H15ClO3. The summed E-state index contributed by atoms with van der Waals surface area (Å²) in [4.78, 5) is 0. The average Bonchev–Trinajstić information content (AvgIpc) is 2.17. The Morgan fingerprint density at radius 3 is 2.56 bits per heavy atom. The Kier molecular flexibility index (Phi) is 2.76. The summed E-state index contributed by atoms with van der Waals surface area (Å²) in [6.45, 7) is 6.30. The minimum Gasteiger partial charge on any atom is -0.486 e. The van der Waals surface area contributed by atoms with Gasteiger partial charge < -0.3 is 14.6 Å². The summed E-state index contributed by atoms with van der Waals surface area (Å²) < 4.78 is 11.0. The van der Waals surface area contributed by atoms with Gasteiger partial charge in [-0.15, -0.1) is 0 Å². The fraction of sp³-hybridized carbons (Fsp3) is 0.500. The quantitative estimate of drug-likeness (QED) is 0.823.